The maximum Gasteiger partial charge on any atom is 0.193 e. The minimum Gasteiger partial charge on any atom is -0.355 e. The summed E-state index contributed by atoms with van der Waals surface area (Å²) in [6, 6.07) is 10.9. The van der Waals surface area contributed by atoms with Gasteiger partial charge in [-0.1, -0.05) is 30.3 Å². The van der Waals surface area contributed by atoms with Crippen LogP contribution in [0.1, 0.15) is 18.7 Å². The summed E-state index contributed by atoms with van der Waals surface area (Å²) in [5.41, 5.74) is 2.19. The highest BCUT2D eigenvalue weighted by Gasteiger charge is 2.21. The molecular weight excluding hydrogens is 312 g/mol. The number of likely N-dealkylation sites (N-methyl/N-ethyl adjacent to an activating group) is 1. The summed E-state index contributed by atoms with van der Waals surface area (Å²) in [6.45, 7) is 2.81. The molecule has 0 spiro atoms. The Hall–Kier alpha value is -2.34. The summed E-state index contributed by atoms with van der Waals surface area (Å²) in [6.07, 6.45) is 4.43. The Morgan fingerprint density at radius 1 is 1.40 bits per heavy atom. The number of nitrogens with one attached hydrogen (secondary N) is 2. The van der Waals surface area contributed by atoms with Crippen molar-refractivity contribution in [2.45, 2.75) is 25.4 Å². The zero-order valence-electron chi connectivity index (χ0n) is 15.4. The van der Waals surface area contributed by atoms with Crippen LogP contribution in [-0.4, -0.2) is 66.0 Å². The number of aliphatic imine (C=N–C) groups is 1. The Kier molecular flexibility index (Phi) is 5.71. The number of guanidine groups is 1. The van der Waals surface area contributed by atoms with Gasteiger partial charge in [-0.3, -0.25) is 4.99 Å². The number of aromatic nitrogens is 2. The number of imidazole rings is 1. The molecule has 0 aliphatic carbocycles. The average Bonchev–Trinajstić information content (AvgIpc) is 3.25. The molecule has 1 aliphatic heterocycles. The first kappa shape index (κ1) is 17.5. The summed E-state index contributed by atoms with van der Waals surface area (Å²) in [4.78, 5) is 16.8. The summed E-state index contributed by atoms with van der Waals surface area (Å²) < 4.78 is 0. The molecule has 1 aliphatic rings. The SMILES string of the molecule is CN=C(NCC1CCCN1C)N(C)Cc1ncc(-c2ccccc2)[nH]1. The molecule has 2 aromatic rings. The predicted molar refractivity (Wildman–Crippen MR) is 103 cm³/mol. The van der Waals surface area contributed by atoms with Crippen molar-refractivity contribution in [1.29, 1.82) is 0 Å². The van der Waals surface area contributed by atoms with Gasteiger partial charge in [-0.15, -0.1) is 0 Å². The van der Waals surface area contributed by atoms with Crippen LogP contribution in [0.15, 0.2) is 41.5 Å². The Labute approximate surface area is 150 Å². The van der Waals surface area contributed by atoms with Crippen LogP contribution in [0, 0.1) is 0 Å². The lowest BCUT2D eigenvalue weighted by Gasteiger charge is -2.25. The number of rotatable bonds is 5. The molecule has 0 radical (unpaired) electrons. The zero-order chi connectivity index (χ0) is 17.6. The van der Waals surface area contributed by atoms with Gasteiger partial charge in [-0.05, 0) is 32.0 Å². The van der Waals surface area contributed by atoms with E-state index < -0.39 is 0 Å². The minimum absolute atomic E-state index is 0.596. The highest BCUT2D eigenvalue weighted by molar-refractivity contribution is 5.79. The van der Waals surface area contributed by atoms with Crippen molar-refractivity contribution >= 4 is 5.96 Å². The molecule has 2 N–H and O–H groups in total. The first-order valence-electron chi connectivity index (χ1n) is 8.88. The van der Waals surface area contributed by atoms with E-state index in [1.54, 1.807) is 0 Å². The Morgan fingerprint density at radius 2 is 2.20 bits per heavy atom. The van der Waals surface area contributed by atoms with Gasteiger partial charge >= 0.3 is 0 Å². The van der Waals surface area contributed by atoms with Gasteiger partial charge < -0.3 is 20.1 Å². The van der Waals surface area contributed by atoms with Crippen molar-refractivity contribution in [2.75, 3.05) is 34.2 Å². The fourth-order valence-electron chi connectivity index (χ4n) is 3.34. The van der Waals surface area contributed by atoms with Crippen molar-refractivity contribution in [3.63, 3.8) is 0 Å². The van der Waals surface area contributed by atoms with Gasteiger partial charge in [0.15, 0.2) is 5.96 Å². The second-order valence-corrected chi connectivity index (χ2v) is 6.67. The van der Waals surface area contributed by atoms with E-state index in [4.69, 9.17) is 0 Å². The van der Waals surface area contributed by atoms with Gasteiger partial charge in [0.1, 0.15) is 5.82 Å². The maximum absolute atomic E-state index is 4.51. The molecule has 134 valence electrons. The van der Waals surface area contributed by atoms with Crippen LogP contribution >= 0.6 is 0 Å². The monoisotopic (exact) mass is 340 g/mol. The number of aromatic amines is 1. The average molecular weight is 340 g/mol. The Bertz CT molecular complexity index is 693. The molecule has 2 heterocycles. The van der Waals surface area contributed by atoms with E-state index in [-0.39, 0.29) is 0 Å². The van der Waals surface area contributed by atoms with Gasteiger partial charge in [0.2, 0.25) is 0 Å². The number of likely N-dealkylation sites (tertiary alicyclic amines) is 1. The molecule has 0 amide bonds. The summed E-state index contributed by atoms with van der Waals surface area (Å²) in [7, 11) is 6.06. The van der Waals surface area contributed by atoms with Gasteiger partial charge in [0.25, 0.3) is 0 Å². The van der Waals surface area contributed by atoms with Crippen LogP contribution in [0.2, 0.25) is 0 Å². The van der Waals surface area contributed by atoms with E-state index in [1.165, 1.54) is 19.4 Å². The number of nitrogens with zero attached hydrogens (tertiary/aromatic N) is 4. The first-order chi connectivity index (χ1) is 12.2. The Balaban J connectivity index is 1.57. The largest absolute Gasteiger partial charge is 0.355 e. The topological polar surface area (TPSA) is 59.6 Å². The van der Waals surface area contributed by atoms with Gasteiger partial charge in [-0.2, -0.15) is 0 Å². The number of benzene rings is 1. The highest BCUT2D eigenvalue weighted by Crippen LogP contribution is 2.17. The number of hydrogen-bond donors (Lipinski definition) is 2. The summed E-state index contributed by atoms with van der Waals surface area (Å²) >= 11 is 0. The van der Waals surface area contributed by atoms with Crippen LogP contribution in [0.3, 0.4) is 0 Å². The van der Waals surface area contributed by atoms with Crippen molar-refractivity contribution < 1.29 is 0 Å². The standard InChI is InChI=1S/C19H28N6/c1-20-19(22-12-16-10-7-11-24(16)2)25(3)14-18-21-13-17(23-18)15-8-5-4-6-9-15/h4-6,8-9,13,16H,7,10-12,14H2,1-3H3,(H,20,22)(H,21,23). The summed E-state index contributed by atoms with van der Waals surface area (Å²) in [5.74, 6) is 1.83. The Morgan fingerprint density at radius 3 is 2.88 bits per heavy atom. The van der Waals surface area contributed by atoms with E-state index in [0.29, 0.717) is 12.6 Å². The fourth-order valence-corrected chi connectivity index (χ4v) is 3.34. The van der Waals surface area contributed by atoms with E-state index >= 15 is 0 Å². The molecule has 1 unspecified atom stereocenters. The number of H-pyrrole nitrogens is 1. The lowest BCUT2D eigenvalue weighted by atomic mass is 10.2. The number of hydrogen-bond acceptors (Lipinski definition) is 3. The van der Waals surface area contributed by atoms with E-state index in [1.807, 2.05) is 38.5 Å². The molecule has 1 aromatic carbocycles. The molecule has 0 bridgehead atoms. The molecule has 1 saturated heterocycles. The lowest BCUT2D eigenvalue weighted by Crippen LogP contribution is -2.44. The van der Waals surface area contributed by atoms with Crippen LogP contribution < -0.4 is 5.32 Å². The third-order valence-corrected chi connectivity index (χ3v) is 4.84. The molecule has 1 aromatic heterocycles. The van der Waals surface area contributed by atoms with Crippen LogP contribution in [0.25, 0.3) is 11.3 Å². The van der Waals surface area contributed by atoms with Gasteiger partial charge in [-0.25, -0.2) is 4.98 Å². The van der Waals surface area contributed by atoms with Gasteiger partial charge in [0.05, 0.1) is 18.4 Å². The third kappa shape index (κ3) is 4.39. The van der Waals surface area contributed by atoms with Crippen LogP contribution in [0.4, 0.5) is 0 Å². The molecule has 25 heavy (non-hydrogen) atoms. The smallest absolute Gasteiger partial charge is 0.193 e. The van der Waals surface area contributed by atoms with Crippen LogP contribution in [0.5, 0.6) is 0 Å². The van der Waals surface area contributed by atoms with Gasteiger partial charge in [0, 0.05) is 26.7 Å². The molecule has 1 fully saturated rings. The van der Waals surface area contributed by atoms with Crippen LogP contribution in [-0.2, 0) is 6.54 Å². The predicted octanol–water partition coefficient (Wildman–Crippen LogP) is 2.18. The second kappa shape index (κ2) is 8.16. The molecule has 6 heteroatoms. The first-order valence-corrected chi connectivity index (χ1v) is 8.88. The quantitative estimate of drug-likeness (QED) is 0.647. The van der Waals surface area contributed by atoms with Crippen molar-refractivity contribution in [3.8, 4) is 11.3 Å². The molecule has 6 nitrogen and oxygen atoms in total. The molecule has 1 atom stereocenters. The fraction of sp³-hybridized carbons (Fsp3) is 0.474. The van der Waals surface area contributed by atoms with Crippen molar-refractivity contribution in [2.24, 2.45) is 4.99 Å². The maximum atomic E-state index is 4.51. The minimum atomic E-state index is 0.596. The third-order valence-electron chi connectivity index (χ3n) is 4.84. The van der Waals surface area contributed by atoms with Crippen molar-refractivity contribution in [1.82, 2.24) is 25.1 Å². The summed E-state index contributed by atoms with van der Waals surface area (Å²) in [5, 5.41) is 3.49. The molecule has 0 saturated carbocycles. The van der Waals surface area contributed by atoms with Crippen molar-refractivity contribution in [3.05, 3.63) is 42.4 Å². The second-order valence-electron chi connectivity index (χ2n) is 6.67. The molecular formula is C19H28N6. The van der Waals surface area contributed by atoms with E-state index in [9.17, 15) is 0 Å². The zero-order valence-corrected chi connectivity index (χ0v) is 15.4. The highest BCUT2D eigenvalue weighted by atomic mass is 15.3. The lowest BCUT2D eigenvalue weighted by molar-refractivity contribution is 0.306. The normalized spacial score (nSPS) is 18.5. The molecule has 3 rings (SSSR count). The van der Waals surface area contributed by atoms with E-state index in [0.717, 1.165) is 29.6 Å². The van der Waals surface area contributed by atoms with E-state index in [2.05, 4.69) is 49.3 Å².